The highest BCUT2D eigenvalue weighted by Crippen LogP contribution is 2.25. The Kier molecular flexibility index (Phi) is 4.76. The van der Waals surface area contributed by atoms with E-state index in [0.29, 0.717) is 11.3 Å². The van der Waals surface area contributed by atoms with Crippen LogP contribution >= 0.6 is 11.8 Å². The molecule has 1 aromatic carbocycles. The molecule has 0 aliphatic rings. The lowest BCUT2D eigenvalue weighted by Crippen LogP contribution is -2.03. The van der Waals surface area contributed by atoms with E-state index in [1.807, 2.05) is 13.0 Å². The van der Waals surface area contributed by atoms with Gasteiger partial charge in [0.1, 0.15) is 0 Å². The first-order valence-corrected chi connectivity index (χ1v) is 6.06. The zero-order valence-electron chi connectivity index (χ0n) is 9.34. The topological polar surface area (TPSA) is 63.4 Å². The molecule has 1 N–H and O–H groups in total. The van der Waals surface area contributed by atoms with Gasteiger partial charge in [0, 0.05) is 22.6 Å². The fourth-order valence-corrected chi connectivity index (χ4v) is 2.19. The second-order valence-electron chi connectivity index (χ2n) is 3.62. The fourth-order valence-electron chi connectivity index (χ4n) is 1.31. The quantitative estimate of drug-likeness (QED) is 0.635. The number of thioether (sulfide) groups is 1. The maximum Gasteiger partial charge on any atom is 0.272 e. The Morgan fingerprint density at radius 2 is 2.25 bits per heavy atom. The molecule has 0 saturated heterocycles. The average Bonchev–Trinajstić information content (AvgIpc) is 2.26. The van der Waals surface area contributed by atoms with Gasteiger partial charge in [0.25, 0.3) is 5.69 Å². The Labute approximate surface area is 98.8 Å². The van der Waals surface area contributed by atoms with Gasteiger partial charge in [0.15, 0.2) is 0 Å². The zero-order valence-corrected chi connectivity index (χ0v) is 10.2. The largest absolute Gasteiger partial charge is 0.395 e. The summed E-state index contributed by atoms with van der Waals surface area (Å²) in [6.07, 6.45) is 0. The molecular weight excluding hydrogens is 226 g/mol. The third-order valence-electron chi connectivity index (χ3n) is 2.39. The van der Waals surface area contributed by atoms with Crippen LogP contribution < -0.4 is 0 Å². The number of benzene rings is 1. The van der Waals surface area contributed by atoms with Crippen LogP contribution in [0.3, 0.4) is 0 Å². The molecular formula is C11H15NO3S. The van der Waals surface area contributed by atoms with Gasteiger partial charge in [0.05, 0.1) is 11.5 Å². The van der Waals surface area contributed by atoms with Crippen LogP contribution in [-0.4, -0.2) is 21.9 Å². The molecule has 0 aliphatic heterocycles. The van der Waals surface area contributed by atoms with E-state index in [-0.39, 0.29) is 22.5 Å². The summed E-state index contributed by atoms with van der Waals surface area (Å²) in [5.41, 5.74) is 1.83. The predicted molar refractivity (Wildman–Crippen MR) is 65.7 cm³/mol. The lowest BCUT2D eigenvalue weighted by atomic mass is 10.1. The first-order valence-electron chi connectivity index (χ1n) is 5.01. The van der Waals surface area contributed by atoms with E-state index < -0.39 is 0 Å². The van der Waals surface area contributed by atoms with E-state index in [1.54, 1.807) is 24.8 Å². The van der Waals surface area contributed by atoms with Crippen molar-refractivity contribution in [3.05, 3.63) is 39.4 Å². The van der Waals surface area contributed by atoms with Gasteiger partial charge in [0.2, 0.25) is 0 Å². The van der Waals surface area contributed by atoms with E-state index in [0.717, 1.165) is 5.56 Å². The van der Waals surface area contributed by atoms with Crippen LogP contribution in [-0.2, 0) is 5.75 Å². The van der Waals surface area contributed by atoms with Crippen molar-refractivity contribution in [3.8, 4) is 0 Å². The van der Waals surface area contributed by atoms with Gasteiger partial charge in [-0.25, -0.2) is 0 Å². The van der Waals surface area contributed by atoms with Gasteiger partial charge in [-0.1, -0.05) is 19.1 Å². The molecule has 88 valence electrons. The summed E-state index contributed by atoms with van der Waals surface area (Å²) in [5.74, 6) is 0.690. The minimum atomic E-state index is -0.362. The van der Waals surface area contributed by atoms with E-state index in [9.17, 15) is 10.1 Å². The van der Waals surface area contributed by atoms with Gasteiger partial charge >= 0.3 is 0 Å². The van der Waals surface area contributed by atoms with Gasteiger partial charge in [-0.2, -0.15) is 11.8 Å². The summed E-state index contributed by atoms with van der Waals surface area (Å²) >= 11 is 1.59. The van der Waals surface area contributed by atoms with Crippen LogP contribution in [0.25, 0.3) is 0 Å². The standard InChI is InChI=1S/C11H15NO3S/c1-8(6-13)16-7-10-4-3-5-11(9(10)2)12(14)15/h3-5,8,13H,6-7H2,1-2H3/t8-/m1/s1. The predicted octanol–water partition coefficient (Wildman–Crippen LogP) is 2.52. The Morgan fingerprint density at radius 1 is 1.56 bits per heavy atom. The first kappa shape index (κ1) is 13.0. The summed E-state index contributed by atoms with van der Waals surface area (Å²) in [6, 6.07) is 5.10. The van der Waals surface area contributed by atoms with Gasteiger partial charge < -0.3 is 5.11 Å². The summed E-state index contributed by atoms with van der Waals surface area (Å²) in [5, 5.41) is 19.8. The van der Waals surface area contributed by atoms with Crippen molar-refractivity contribution in [2.75, 3.05) is 6.61 Å². The second-order valence-corrected chi connectivity index (χ2v) is 5.05. The van der Waals surface area contributed by atoms with Crippen molar-refractivity contribution in [1.29, 1.82) is 0 Å². The summed E-state index contributed by atoms with van der Waals surface area (Å²) in [7, 11) is 0. The van der Waals surface area contributed by atoms with E-state index in [1.165, 1.54) is 6.07 Å². The number of aliphatic hydroxyl groups excluding tert-OH is 1. The lowest BCUT2D eigenvalue weighted by molar-refractivity contribution is -0.385. The van der Waals surface area contributed by atoms with Crippen LogP contribution in [0.4, 0.5) is 5.69 Å². The minimum absolute atomic E-state index is 0.124. The van der Waals surface area contributed by atoms with Crippen molar-refractivity contribution in [1.82, 2.24) is 0 Å². The highest BCUT2D eigenvalue weighted by atomic mass is 32.2. The van der Waals surface area contributed by atoms with Crippen molar-refractivity contribution in [2.45, 2.75) is 24.9 Å². The van der Waals surface area contributed by atoms with E-state index >= 15 is 0 Å². The minimum Gasteiger partial charge on any atom is -0.395 e. The van der Waals surface area contributed by atoms with Crippen LogP contribution in [0.5, 0.6) is 0 Å². The van der Waals surface area contributed by atoms with E-state index in [4.69, 9.17) is 5.11 Å². The molecule has 16 heavy (non-hydrogen) atoms. The summed E-state index contributed by atoms with van der Waals surface area (Å²) in [6.45, 7) is 3.81. The van der Waals surface area contributed by atoms with E-state index in [2.05, 4.69) is 0 Å². The van der Waals surface area contributed by atoms with Crippen LogP contribution in [0.2, 0.25) is 0 Å². The monoisotopic (exact) mass is 241 g/mol. The molecule has 0 fully saturated rings. The Balaban J connectivity index is 2.81. The van der Waals surface area contributed by atoms with Gasteiger partial charge in [-0.05, 0) is 12.5 Å². The molecule has 0 heterocycles. The molecule has 1 rings (SSSR count). The van der Waals surface area contributed by atoms with Crippen molar-refractivity contribution < 1.29 is 10.0 Å². The summed E-state index contributed by atoms with van der Waals surface area (Å²) in [4.78, 5) is 10.4. The number of rotatable bonds is 5. The van der Waals surface area contributed by atoms with Gasteiger partial charge in [-0.3, -0.25) is 10.1 Å². The molecule has 4 nitrogen and oxygen atoms in total. The fraction of sp³-hybridized carbons (Fsp3) is 0.455. The smallest absolute Gasteiger partial charge is 0.272 e. The Morgan fingerprint density at radius 3 is 2.81 bits per heavy atom. The van der Waals surface area contributed by atoms with Crippen LogP contribution in [0, 0.1) is 17.0 Å². The number of hydrogen-bond acceptors (Lipinski definition) is 4. The second kappa shape index (κ2) is 5.86. The Bertz CT molecular complexity index is 381. The molecule has 0 bridgehead atoms. The van der Waals surface area contributed by atoms with Crippen molar-refractivity contribution in [3.63, 3.8) is 0 Å². The molecule has 0 spiro atoms. The third kappa shape index (κ3) is 3.21. The third-order valence-corrected chi connectivity index (χ3v) is 3.59. The highest BCUT2D eigenvalue weighted by Gasteiger charge is 2.13. The number of nitro benzene ring substituents is 1. The van der Waals surface area contributed by atoms with Crippen molar-refractivity contribution >= 4 is 17.4 Å². The maximum absolute atomic E-state index is 10.7. The molecule has 0 saturated carbocycles. The summed E-state index contributed by atoms with van der Waals surface area (Å²) < 4.78 is 0. The number of nitrogens with zero attached hydrogens (tertiary/aromatic N) is 1. The molecule has 0 aromatic heterocycles. The normalized spacial score (nSPS) is 12.4. The molecule has 1 atom stereocenters. The molecule has 0 radical (unpaired) electrons. The molecule has 0 amide bonds. The van der Waals surface area contributed by atoms with Crippen LogP contribution in [0.1, 0.15) is 18.1 Å². The highest BCUT2D eigenvalue weighted by molar-refractivity contribution is 7.99. The molecule has 1 aromatic rings. The zero-order chi connectivity index (χ0) is 12.1. The number of nitro groups is 1. The average molecular weight is 241 g/mol. The first-order chi connectivity index (χ1) is 7.56. The molecule has 5 heteroatoms. The number of hydrogen-bond donors (Lipinski definition) is 1. The maximum atomic E-state index is 10.7. The molecule has 0 unspecified atom stereocenters. The van der Waals surface area contributed by atoms with Gasteiger partial charge in [-0.15, -0.1) is 0 Å². The lowest BCUT2D eigenvalue weighted by Gasteiger charge is -2.09. The SMILES string of the molecule is Cc1c(CS[C@H](C)CO)cccc1[N+](=O)[O-]. The van der Waals surface area contributed by atoms with Crippen LogP contribution in [0.15, 0.2) is 18.2 Å². The Hall–Kier alpha value is -1.07. The molecule has 0 aliphatic carbocycles. The van der Waals surface area contributed by atoms with Crippen molar-refractivity contribution in [2.24, 2.45) is 0 Å². The number of aliphatic hydroxyl groups is 1.